The van der Waals surface area contributed by atoms with Crippen LogP contribution in [0.3, 0.4) is 0 Å². The van der Waals surface area contributed by atoms with E-state index >= 15 is 0 Å². The Morgan fingerprint density at radius 2 is 1.76 bits per heavy atom. The Bertz CT molecular complexity index is 686. The van der Waals surface area contributed by atoms with Crippen LogP contribution in [-0.2, 0) is 10.0 Å². The van der Waals surface area contributed by atoms with Gasteiger partial charge in [-0.3, -0.25) is 5.32 Å². The second-order valence-electron chi connectivity index (χ2n) is 5.46. The highest BCUT2D eigenvalue weighted by molar-refractivity contribution is 8.13. The second kappa shape index (κ2) is 11.1. The van der Waals surface area contributed by atoms with E-state index in [1.54, 1.807) is 34.8 Å². The molecule has 0 unspecified atom stereocenters. The lowest BCUT2D eigenvalue weighted by atomic mass is 10.3. The SMILES string of the molecule is CCCCN(CCCC)S(=O)(=O)c1ccc(N=C(NC#N)SC)cc1. The Hall–Kier alpha value is -1.56. The lowest BCUT2D eigenvalue weighted by Gasteiger charge is -2.22. The van der Waals surface area contributed by atoms with Crippen LogP contribution in [-0.4, -0.2) is 37.2 Å². The molecule has 0 heterocycles. The van der Waals surface area contributed by atoms with Gasteiger partial charge in [0, 0.05) is 13.1 Å². The number of hydrogen-bond donors (Lipinski definition) is 1. The van der Waals surface area contributed by atoms with Gasteiger partial charge >= 0.3 is 0 Å². The van der Waals surface area contributed by atoms with E-state index < -0.39 is 10.0 Å². The van der Waals surface area contributed by atoms with E-state index in [0.717, 1.165) is 25.7 Å². The number of unbranched alkanes of at least 4 members (excludes halogenated alkanes) is 2. The maximum absolute atomic E-state index is 12.9. The van der Waals surface area contributed by atoms with Crippen molar-refractivity contribution < 1.29 is 8.42 Å². The Kier molecular flexibility index (Phi) is 9.57. The number of benzene rings is 1. The van der Waals surface area contributed by atoms with Crippen molar-refractivity contribution in [2.75, 3.05) is 19.3 Å². The summed E-state index contributed by atoms with van der Waals surface area (Å²) in [7, 11) is -3.49. The number of amidine groups is 1. The molecule has 0 aromatic heterocycles. The Morgan fingerprint density at radius 3 is 2.20 bits per heavy atom. The zero-order chi connectivity index (χ0) is 18.7. The number of nitrogens with one attached hydrogen (secondary N) is 1. The average molecular weight is 383 g/mol. The van der Waals surface area contributed by atoms with E-state index in [-0.39, 0.29) is 4.90 Å². The number of sulfonamides is 1. The lowest BCUT2D eigenvalue weighted by molar-refractivity contribution is 0.395. The molecule has 1 N–H and O–H groups in total. The number of aliphatic imine (C=N–C) groups is 1. The quantitative estimate of drug-likeness (QED) is 0.305. The number of nitrogens with zero attached hydrogens (tertiary/aromatic N) is 3. The summed E-state index contributed by atoms with van der Waals surface area (Å²) in [4.78, 5) is 4.55. The van der Waals surface area contributed by atoms with Gasteiger partial charge in [0.25, 0.3) is 0 Å². The van der Waals surface area contributed by atoms with Crippen LogP contribution in [0.25, 0.3) is 0 Å². The molecule has 0 aliphatic carbocycles. The van der Waals surface area contributed by atoms with Gasteiger partial charge in [0.2, 0.25) is 10.0 Å². The number of nitriles is 1. The van der Waals surface area contributed by atoms with Crippen LogP contribution < -0.4 is 5.32 Å². The molecule has 0 spiro atoms. The van der Waals surface area contributed by atoms with Gasteiger partial charge in [-0.15, -0.1) is 0 Å². The maximum atomic E-state index is 12.9. The average Bonchev–Trinajstić information content (AvgIpc) is 2.61. The molecule has 0 bridgehead atoms. The first-order valence-corrected chi connectivity index (χ1v) is 11.0. The van der Waals surface area contributed by atoms with Gasteiger partial charge in [-0.25, -0.2) is 13.4 Å². The molecule has 0 atom stereocenters. The minimum Gasteiger partial charge on any atom is -0.271 e. The molecule has 25 heavy (non-hydrogen) atoms. The third-order valence-corrected chi connectivity index (χ3v) is 6.08. The minimum absolute atomic E-state index is 0.276. The van der Waals surface area contributed by atoms with Crippen molar-refractivity contribution in [3.63, 3.8) is 0 Å². The summed E-state index contributed by atoms with van der Waals surface area (Å²) in [6.45, 7) is 5.19. The molecule has 1 aromatic rings. The van der Waals surface area contributed by atoms with Crippen molar-refractivity contribution in [3.05, 3.63) is 24.3 Å². The van der Waals surface area contributed by atoms with Crippen molar-refractivity contribution in [1.82, 2.24) is 9.62 Å². The molecule has 0 amide bonds. The number of rotatable bonds is 9. The van der Waals surface area contributed by atoms with Crippen molar-refractivity contribution in [2.45, 2.75) is 44.4 Å². The van der Waals surface area contributed by atoms with E-state index in [2.05, 4.69) is 24.2 Å². The molecule has 1 aromatic carbocycles. The second-order valence-corrected chi connectivity index (χ2v) is 8.20. The highest BCUT2D eigenvalue weighted by Gasteiger charge is 2.23. The number of hydrogen-bond acceptors (Lipinski definition) is 5. The van der Waals surface area contributed by atoms with Crippen molar-refractivity contribution in [1.29, 1.82) is 5.26 Å². The highest BCUT2D eigenvalue weighted by Crippen LogP contribution is 2.21. The topological polar surface area (TPSA) is 85.6 Å². The first-order chi connectivity index (χ1) is 12.0. The molecule has 1 rings (SSSR count). The van der Waals surface area contributed by atoms with Crippen molar-refractivity contribution in [2.24, 2.45) is 4.99 Å². The predicted octanol–water partition coefficient (Wildman–Crippen LogP) is 3.70. The van der Waals surface area contributed by atoms with E-state index in [4.69, 9.17) is 5.26 Å². The van der Waals surface area contributed by atoms with Crippen LogP contribution in [0.1, 0.15) is 39.5 Å². The zero-order valence-corrected chi connectivity index (χ0v) is 16.7. The monoisotopic (exact) mass is 382 g/mol. The van der Waals surface area contributed by atoms with E-state index in [9.17, 15) is 8.42 Å². The third-order valence-electron chi connectivity index (χ3n) is 3.58. The Morgan fingerprint density at radius 1 is 1.20 bits per heavy atom. The van der Waals surface area contributed by atoms with Crippen LogP contribution in [0.15, 0.2) is 34.2 Å². The fourth-order valence-electron chi connectivity index (χ4n) is 2.15. The molecule has 6 nitrogen and oxygen atoms in total. The van der Waals surface area contributed by atoms with E-state index in [1.165, 1.54) is 11.8 Å². The fourth-order valence-corrected chi connectivity index (χ4v) is 4.01. The Balaban J connectivity index is 3.02. The van der Waals surface area contributed by atoms with Crippen LogP contribution in [0, 0.1) is 11.5 Å². The maximum Gasteiger partial charge on any atom is 0.243 e. The van der Waals surface area contributed by atoms with Crippen LogP contribution >= 0.6 is 11.8 Å². The molecule has 0 fully saturated rings. The van der Waals surface area contributed by atoms with Crippen LogP contribution in [0.2, 0.25) is 0 Å². The fraction of sp³-hybridized carbons (Fsp3) is 0.529. The van der Waals surface area contributed by atoms with Gasteiger partial charge in [-0.1, -0.05) is 38.5 Å². The summed E-state index contributed by atoms with van der Waals surface area (Å²) in [5.74, 6) is 0. The zero-order valence-electron chi connectivity index (χ0n) is 15.0. The van der Waals surface area contributed by atoms with Crippen LogP contribution in [0.4, 0.5) is 5.69 Å². The first kappa shape index (κ1) is 21.5. The molecular weight excluding hydrogens is 356 g/mol. The summed E-state index contributed by atoms with van der Waals surface area (Å²) in [6.07, 6.45) is 7.24. The van der Waals surface area contributed by atoms with Gasteiger partial charge < -0.3 is 0 Å². The van der Waals surface area contributed by atoms with Crippen molar-refractivity contribution in [3.8, 4) is 6.19 Å². The molecular formula is C17H26N4O2S2. The standard InChI is InChI=1S/C17H26N4O2S2/c1-4-6-12-21(13-7-5-2)25(22,23)16-10-8-15(9-11-16)20-17(24-3)19-14-18/h8-11H,4-7,12-13H2,1-3H3,(H,19,20). The molecule has 8 heteroatoms. The van der Waals surface area contributed by atoms with Gasteiger partial charge in [-0.05, 0) is 43.4 Å². The highest BCUT2D eigenvalue weighted by atomic mass is 32.2. The Labute approximate surface area is 155 Å². The predicted molar refractivity (Wildman–Crippen MR) is 104 cm³/mol. The summed E-state index contributed by atoms with van der Waals surface area (Å²) in [5, 5.41) is 11.6. The molecule has 0 aliphatic heterocycles. The van der Waals surface area contributed by atoms with Gasteiger partial charge in [0.05, 0.1) is 10.6 Å². The molecule has 0 radical (unpaired) electrons. The van der Waals surface area contributed by atoms with E-state index in [1.807, 2.05) is 6.19 Å². The lowest BCUT2D eigenvalue weighted by Crippen LogP contribution is -2.33. The summed E-state index contributed by atoms with van der Waals surface area (Å²) >= 11 is 1.31. The molecule has 0 saturated heterocycles. The molecule has 138 valence electrons. The summed E-state index contributed by atoms with van der Waals surface area (Å²) in [5.41, 5.74) is 0.597. The summed E-state index contributed by atoms with van der Waals surface area (Å²) < 4.78 is 27.3. The van der Waals surface area contributed by atoms with Crippen LogP contribution in [0.5, 0.6) is 0 Å². The first-order valence-electron chi connectivity index (χ1n) is 8.37. The normalized spacial score (nSPS) is 12.2. The van der Waals surface area contributed by atoms with E-state index in [0.29, 0.717) is 23.9 Å². The number of thioether (sulfide) groups is 1. The summed E-state index contributed by atoms with van der Waals surface area (Å²) in [6, 6.07) is 6.45. The molecule has 0 aliphatic rings. The largest absolute Gasteiger partial charge is 0.271 e. The smallest absolute Gasteiger partial charge is 0.243 e. The van der Waals surface area contributed by atoms with Crippen molar-refractivity contribution >= 4 is 32.6 Å². The molecule has 0 saturated carbocycles. The third kappa shape index (κ3) is 6.69. The van der Waals surface area contributed by atoms with Gasteiger partial charge in [0.1, 0.15) is 0 Å². The van der Waals surface area contributed by atoms with Gasteiger partial charge in [0.15, 0.2) is 11.4 Å². The minimum atomic E-state index is -3.49. The van der Waals surface area contributed by atoms with Gasteiger partial charge in [-0.2, -0.15) is 9.57 Å².